The third-order valence-electron chi connectivity index (χ3n) is 18.8. The molecule has 3 N–H and O–H groups in total. The fourth-order valence-electron chi connectivity index (χ4n) is 13.0. The number of alkyl halides is 3. The highest BCUT2D eigenvalue weighted by Crippen LogP contribution is 2.35. The van der Waals surface area contributed by atoms with Crippen molar-refractivity contribution in [1.29, 1.82) is 0 Å². The predicted molar refractivity (Wildman–Crippen MR) is 327 cm³/mol. The van der Waals surface area contributed by atoms with Crippen LogP contribution < -0.4 is 16.0 Å². The molecule has 4 fully saturated rings. The van der Waals surface area contributed by atoms with Gasteiger partial charge in [-0.25, -0.2) is 4.39 Å². The molecular formula is C64H99F4N11O11. The third-order valence-corrected chi connectivity index (χ3v) is 18.8. The van der Waals surface area contributed by atoms with Crippen LogP contribution in [0.15, 0.2) is 18.2 Å². The molecule has 2 saturated carbocycles. The Kier molecular flexibility index (Phi) is 26.6. The summed E-state index contributed by atoms with van der Waals surface area (Å²) < 4.78 is 55.7. The highest BCUT2D eigenvalue weighted by Gasteiger charge is 2.50. The van der Waals surface area contributed by atoms with E-state index in [1.807, 2.05) is 20.8 Å². The highest BCUT2D eigenvalue weighted by atomic mass is 19.4. The maximum atomic E-state index is 15.0. The number of benzene rings is 1. The SMILES string of the molecule is CC[C@H](C)[C@@H]1NC(=O)[C@H](CC(C)C)N(C)C(=O)CCN(C)C(=O)[C@H](C(C)C)N(C)C(=O)C2(CCCC2)NC(=O)C2CCCN2C(=O)[C@H](CCc2ccc(C(F)(F)F)c(F)c2)NC(=O)CN(C)C(=O)[C@H](CC2CCCCC2)N(C)C(=O)CN(C)C(=O)CN(C)C1=O. The van der Waals surface area contributed by atoms with Gasteiger partial charge in [-0.15, -0.1) is 0 Å². The number of hydrogen-bond donors (Lipinski definition) is 3. The molecule has 0 radical (unpaired) electrons. The Morgan fingerprint density at radius 2 is 1.23 bits per heavy atom. The molecule has 0 bridgehead atoms. The molecule has 11 amide bonds. The zero-order valence-corrected chi connectivity index (χ0v) is 55.1. The fourth-order valence-corrected chi connectivity index (χ4v) is 13.0. The van der Waals surface area contributed by atoms with Crippen LogP contribution in [0.2, 0.25) is 0 Å². The summed E-state index contributed by atoms with van der Waals surface area (Å²) in [5, 5.41) is 8.55. The maximum absolute atomic E-state index is 15.0. The van der Waals surface area contributed by atoms with Crippen LogP contribution >= 0.6 is 0 Å². The van der Waals surface area contributed by atoms with Crippen molar-refractivity contribution in [3.8, 4) is 0 Å². The maximum Gasteiger partial charge on any atom is 0.419 e. The Bertz CT molecular complexity index is 2760. The summed E-state index contributed by atoms with van der Waals surface area (Å²) in [5.74, 6) is -9.47. The second-order valence-electron chi connectivity index (χ2n) is 26.5. The summed E-state index contributed by atoms with van der Waals surface area (Å²) in [4.78, 5) is 169. The third kappa shape index (κ3) is 18.9. The molecule has 1 unspecified atom stereocenters. The van der Waals surface area contributed by atoms with Crippen LogP contribution in [0, 0.1) is 29.5 Å². The van der Waals surface area contributed by atoms with Gasteiger partial charge >= 0.3 is 6.18 Å². The van der Waals surface area contributed by atoms with Crippen LogP contribution in [0.1, 0.15) is 155 Å². The second-order valence-corrected chi connectivity index (χ2v) is 26.5. The number of carbonyl (C=O) groups is 11. The van der Waals surface area contributed by atoms with Gasteiger partial charge in [0.1, 0.15) is 47.6 Å². The van der Waals surface area contributed by atoms with Gasteiger partial charge < -0.3 is 55.1 Å². The number of nitrogens with one attached hydrogen (secondary N) is 3. The number of rotatable bonds is 10. The Morgan fingerprint density at radius 3 is 1.82 bits per heavy atom. The van der Waals surface area contributed by atoms with Crippen LogP contribution in [0.3, 0.4) is 0 Å². The van der Waals surface area contributed by atoms with Crippen molar-refractivity contribution >= 4 is 65.0 Å². The summed E-state index contributed by atoms with van der Waals surface area (Å²) in [6.45, 7) is 9.12. The zero-order valence-electron chi connectivity index (χ0n) is 55.1. The minimum Gasteiger partial charge on any atom is -0.343 e. The van der Waals surface area contributed by atoms with Gasteiger partial charge in [-0.3, -0.25) is 52.7 Å². The lowest BCUT2D eigenvalue weighted by Crippen LogP contribution is -2.64. The Balaban J connectivity index is 1.54. The number of halogens is 4. The molecule has 0 aromatic heterocycles. The van der Waals surface area contributed by atoms with Gasteiger partial charge in [-0.1, -0.05) is 99.0 Å². The van der Waals surface area contributed by atoms with Gasteiger partial charge in [0.2, 0.25) is 65.0 Å². The first kappa shape index (κ1) is 73.8. The van der Waals surface area contributed by atoms with Gasteiger partial charge in [-0.05, 0) is 92.7 Å². The number of carbonyl (C=O) groups excluding carboxylic acids is 11. The van der Waals surface area contributed by atoms with Crippen LogP contribution in [0.25, 0.3) is 0 Å². The van der Waals surface area contributed by atoms with Crippen LogP contribution in [-0.2, 0) is 65.3 Å². The van der Waals surface area contributed by atoms with Crippen molar-refractivity contribution in [2.24, 2.45) is 23.7 Å². The smallest absolute Gasteiger partial charge is 0.343 e. The Labute approximate surface area is 528 Å². The van der Waals surface area contributed by atoms with Gasteiger partial charge in [0.05, 0.1) is 25.2 Å². The molecule has 1 spiro atoms. The molecule has 26 heteroatoms. The van der Waals surface area contributed by atoms with Gasteiger partial charge in [0, 0.05) is 68.8 Å². The number of aryl methyl sites for hydroxylation is 1. The fraction of sp³-hybridized carbons (Fsp3) is 0.734. The number of fused-ring (bicyclic) bond motifs is 1. The van der Waals surface area contributed by atoms with E-state index in [0.717, 1.165) is 52.9 Å². The van der Waals surface area contributed by atoms with E-state index in [9.17, 15) is 65.5 Å². The van der Waals surface area contributed by atoms with Crippen LogP contribution in [0.4, 0.5) is 17.6 Å². The normalized spacial score (nSPS) is 25.6. The molecule has 1 aromatic carbocycles. The van der Waals surface area contributed by atoms with Gasteiger partial charge in [0.15, 0.2) is 0 Å². The van der Waals surface area contributed by atoms with E-state index in [0.29, 0.717) is 37.8 Å². The van der Waals surface area contributed by atoms with E-state index < -0.39 is 156 Å². The van der Waals surface area contributed by atoms with Gasteiger partial charge in [-0.2, -0.15) is 13.2 Å². The number of nitrogens with zero attached hydrogens (tertiary/aromatic N) is 8. The predicted octanol–water partition coefficient (Wildman–Crippen LogP) is 4.60. The average molecular weight is 1270 g/mol. The van der Waals surface area contributed by atoms with Crippen LogP contribution in [-0.4, -0.2) is 228 Å². The molecule has 504 valence electrons. The molecule has 2 saturated heterocycles. The first-order valence-electron chi connectivity index (χ1n) is 32.0. The molecule has 2 aliphatic carbocycles. The summed E-state index contributed by atoms with van der Waals surface area (Å²) in [6.07, 6.45) is 1.39. The first-order valence-corrected chi connectivity index (χ1v) is 32.0. The Morgan fingerprint density at radius 1 is 0.622 bits per heavy atom. The molecule has 7 atom stereocenters. The molecule has 2 heterocycles. The molecule has 1 aromatic rings. The lowest BCUT2D eigenvalue weighted by atomic mass is 9.84. The van der Waals surface area contributed by atoms with E-state index >= 15 is 4.79 Å². The lowest BCUT2D eigenvalue weighted by Gasteiger charge is -2.40. The first-order chi connectivity index (χ1) is 42.1. The molecular weight excluding hydrogens is 1170 g/mol. The quantitative estimate of drug-likeness (QED) is 0.273. The van der Waals surface area contributed by atoms with Crippen LogP contribution in [0.5, 0.6) is 0 Å². The van der Waals surface area contributed by atoms with Crippen molar-refractivity contribution < 1.29 is 70.3 Å². The van der Waals surface area contributed by atoms with Crippen molar-refractivity contribution in [2.75, 3.05) is 82.1 Å². The molecule has 90 heavy (non-hydrogen) atoms. The number of likely N-dealkylation sites (N-methyl/N-ethyl adjacent to an activating group) is 7. The topological polar surface area (TPSA) is 250 Å². The van der Waals surface area contributed by atoms with E-state index in [1.54, 1.807) is 20.8 Å². The Hall–Kier alpha value is -6.89. The minimum atomic E-state index is -4.99. The summed E-state index contributed by atoms with van der Waals surface area (Å²) >= 11 is 0. The largest absolute Gasteiger partial charge is 0.419 e. The van der Waals surface area contributed by atoms with Crippen molar-refractivity contribution in [2.45, 2.75) is 199 Å². The second kappa shape index (κ2) is 32.4. The van der Waals surface area contributed by atoms with Crippen molar-refractivity contribution in [3.63, 3.8) is 0 Å². The number of hydrogen-bond acceptors (Lipinski definition) is 11. The summed E-state index contributed by atoms with van der Waals surface area (Å²) in [7, 11) is 9.98. The summed E-state index contributed by atoms with van der Waals surface area (Å²) in [5.41, 5.74) is -2.94. The lowest BCUT2D eigenvalue weighted by molar-refractivity contribution is -0.152. The zero-order chi connectivity index (χ0) is 67.3. The van der Waals surface area contributed by atoms with E-state index in [-0.39, 0.29) is 81.9 Å². The minimum absolute atomic E-state index is 0.0175. The molecule has 5 rings (SSSR count). The van der Waals surface area contributed by atoms with Crippen molar-refractivity contribution in [3.05, 3.63) is 35.1 Å². The molecule has 4 aliphatic rings. The summed E-state index contributed by atoms with van der Waals surface area (Å²) in [6, 6.07) is -4.72. The number of amides is 11. The van der Waals surface area contributed by atoms with Crippen molar-refractivity contribution in [1.82, 2.24) is 55.1 Å². The average Bonchev–Trinajstić information content (AvgIpc) is 1.63. The van der Waals surface area contributed by atoms with Gasteiger partial charge in [0.25, 0.3) is 0 Å². The van der Waals surface area contributed by atoms with E-state index in [1.165, 1.54) is 73.8 Å². The van der Waals surface area contributed by atoms with E-state index in [2.05, 4.69) is 16.0 Å². The standard InChI is InChI=1S/C64H99F4N11O11/c1-14-41(6)54-60(88)75(10)37-52(82)73(8)38-53(83)77(12)49(35-42-21-16-15-17-22-42)59(87)74(9)36-50(80)69-46(27-25-43-24-26-44(45(65)34-43)64(66,67)68)58(86)79-31-20-23-47(79)57(85)71-63(29-18-19-30-63)62(90)78(13)55(40(4)5)61(89)72(7)32-28-51(81)76(11)48(33-39(2)3)56(84)70-54/h24,26,34,39-42,46-49,54-55H,14-23,25,27-33,35-38H2,1-13H3,(H,69,80)(H,70,84)(H,71,85)/t41-,46-,47?,48-,49-,54-,55-/m0/s1. The monoisotopic (exact) mass is 1270 g/mol. The molecule has 2 aliphatic heterocycles. The van der Waals surface area contributed by atoms with E-state index in [4.69, 9.17) is 0 Å². The highest BCUT2D eigenvalue weighted by molar-refractivity contribution is 5.99. The molecule has 22 nitrogen and oxygen atoms in total.